The average Bonchev–Trinajstić information content (AvgIpc) is 2.35. The maximum Gasteiger partial charge on any atom is 0.133 e. The van der Waals surface area contributed by atoms with Crippen molar-refractivity contribution in [2.24, 2.45) is 0 Å². The molecule has 0 radical (unpaired) electrons. The smallest absolute Gasteiger partial charge is 0.133 e. The summed E-state index contributed by atoms with van der Waals surface area (Å²) in [7, 11) is 1.70. The van der Waals surface area contributed by atoms with Gasteiger partial charge in [-0.25, -0.2) is 0 Å². The molecule has 1 aromatic carbocycles. The van der Waals surface area contributed by atoms with E-state index in [1.165, 1.54) is 5.56 Å². The highest BCUT2D eigenvalue weighted by atomic mass is 79.9. The first-order valence-corrected chi connectivity index (χ1v) is 7.52. The van der Waals surface area contributed by atoms with Gasteiger partial charge in [-0.2, -0.15) is 0 Å². The van der Waals surface area contributed by atoms with E-state index in [1.54, 1.807) is 7.11 Å². The maximum absolute atomic E-state index is 5.28. The molecule has 1 aliphatic heterocycles. The van der Waals surface area contributed by atoms with Gasteiger partial charge in [0.25, 0.3) is 0 Å². The molecule has 0 aromatic heterocycles. The molecule has 3 nitrogen and oxygen atoms in total. The second kappa shape index (κ2) is 5.81. The van der Waals surface area contributed by atoms with E-state index >= 15 is 0 Å². The predicted molar refractivity (Wildman–Crippen MR) is 82.6 cm³/mol. The largest absolute Gasteiger partial charge is 0.496 e. The molecular weight excluding hydrogens is 304 g/mol. The highest BCUT2D eigenvalue weighted by Gasteiger charge is 2.32. The van der Waals surface area contributed by atoms with Gasteiger partial charge in [0, 0.05) is 31.2 Å². The van der Waals surface area contributed by atoms with E-state index in [2.05, 4.69) is 59.1 Å². The molecule has 106 valence electrons. The van der Waals surface area contributed by atoms with Gasteiger partial charge in [0.2, 0.25) is 0 Å². The Morgan fingerprint density at radius 2 is 2.21 bits per heavy atom. The monoisotopic (exact) mass is 326 g/mol. The molecule has 4 heteroatoms. The Morgan fingerprint density at radius 1 is 1.47 bits per heavy atom. The number of rotatable bonds is 3. The van der Waals surface area contributed by atoms with Crippen LogP contribution >= 0.6 is 15.9 Å². The van der Waals surface area contributed by atoms with Crippen LogP contribution in [0.3, 0.4) is 0 Å². The molecular formula is C15H23BrN2O. The van der Waals surface area contributed by atoms with Crippen molar-refractivity contribution in [2.75, 3.05) is 20.2 Å². The van der Waals surface area contributed by atoms with E-state index in [1.807, 2.05) is 6.07 Å². The van der Waals surface area contributed by atoms with Crippen LogP contribution in [0.25, 0.3) is 0 Å². The number of hydrogen-bond donors (Lipinski definition) is 1. The molecule has 0 spiro atoms. The lowest BCUT2D eigenvalue weighted by molar-refractivity contribution is 0.0626. The lowest BCUT2D eigenvalue weighted by Gasteiger charge is -2.45. The van der Waals surface area contributed by atoms with E-state index in [0.29, 0.717) is 6.04 Å². The van der Waals surface area contributed by atoms with Crippen LogP contribution < -0.4 is 10.1 Å². The molecule has 1 N–H and O–H groups in total. The summed E-state index contributed by atoms with van der Waals surface area (Å²) >= 11 is 3.56. The van der Waals surface area contributed by atoms with E-state index < -0.39 is 0 Å². The number of halogens is 1. The first kappa shape index (κ1) is 14.8. The van der Waals surface area contributed by atoms with Gasteiger partial charge in [-0.15, -0.1) is 0 Å². The van der Waals surface area contributed by atoms with Crippen LogP contribution in [0.2, 0.25) is 0 Å². The minimum absolute atomic E-state index is 0.193. The molecule has 1 atom stereocenters. The summed E-state index contributed by atoms with van der Waals surface area (Å²) < 4.78 is 6.30. The van der Waals surface area contributed by atoms with Crippen LogP contribution in [0.15, 0.2) is 22.7 Å². The average molecular weight is 327 g/mol. The number of hydrogen-bond acceptors (Lipinski definition) is 3. The van der Waals surface area contributed by atoms with Crippen LogP contribution in [0, 0.1) is 0 Å². The SMILES string of the molecule is COc1ccc(CN2CC(C)NCC2(C)C)cc1Br. The lowest BCUT2D eigenvalue weighted by atomic mass is 9.97. The summed E-state index contributed by atoms with van der Waals surface area (Å²) in [4.78, 5) is 2.54. The highest BCUT2D eigenvalue weighted by Crippen LogP contribution is 2.28. The minimum Gasteiger partial charge on any atom is -0.496 e. The minimum atomic E-state index is 0.193. The maximum atomic E-state index is 5.28. The van der Waals surface area contributed by atoms with E-state index in [9.17, 15) is 0 Å². The summed E-state index contributed by atoms with van der Waals surface area (Å²) in [6, 6.07) is 6.88. The Bertz CT molecular complexity index is 448. The Kier molecular flexibility index (Phi) is 4.54. The number of benzene rings is 1. The number of nitrogens with one attached hydrogen (secondary N) is 1. The normalized spacial score (nSPS) is 23.3. The van der Waals surface area contributed by atoms with Crippen LogP contribution in [0.1, 0.15) is 26.3 Å². The van der Waals surface area contributed by atoms with Crippen molar-refractivity contribution in [3.8, 4) is 5.75 Å². The van der Waals surface area contributed by atoms with Crippen molar-refractivity contribution >= 4 is 15.9 Å². The van der Waals surface area contributed by atoms with Crippen molar-refractivity contribution in [1.29, 1.82) is 0 Å². The second-order valence-electron chi connectivity index (χ2n) is 5.94. The summed E-state index contributed by atoms with van der Waals surface area (Å²) in [5.41, 5.74) is 1.51. The van der Waals surface area contributed by atoms with Gasteiger partial charge in [-0.05, 0) is 54.4 Å². The highest BCUT2D eigenvalue weighted by molar-refractivity contribution is 9.10. The molecule has 1 heterocycles. The van der Waals surface area contributed by atoms with Gasteiger partial charge in [0.15, 0.2) is 0 Å². The number of methoxy groups -OCH3 is 1. The second-order valence-corrected chi connectivity index (χ2v) is 6.80. The van der Waals surface area contributed by atoms with E-state index in [0.717, 1.165) is 29.9 Å². The Morgan fingerprint density at radius 3 is 2.84 bits per heavy atom. The molecule has 1 aromatic rings. The molecule has 1 saturated heterocycles. The zero-order valence-corrected chi connectivity index (χ0v) is 13.8. The van der Waals surface area contributed by atoms with Gasteiger partial charge in [0.1, 0.15) is 5.75 Å². The fraction of sp³-hybridized carbons (Fsp3) is 0.600. The van der Waals surface area contributed by atoms with Gasteiger partial charge >= 0.3 is 0 Å². The molecule has 0 amide bonds. The summed E-state index contributed by atoms with van der Waals surface area (Å²) in [6.07, 6.45) is 0. The zero-order valence-electron chi connectivity index (χ0n) is 12.2. The van der Waals surface area contributed by atoms with Gasteiger partial charge in [-0.1, -0.05) is 6.07 Å². The summed E-state index contributed by atoms with van der Waals surface area (Å²) in [5.74, 6) is 0.886. The molecule has 1 unspecified atom stereocenters. The van der Waals surface area contributed by atoms with Crippen molar-refractivity contribution in [3.63, 3.8) is 0 Å². The standard InChI is InChI=1S/C15H23BrN2O/c1-11-8-18(15(2,3)10-17-11)9-12-5-6-14(19-4)13(16)7-12/h5-7,11,17H,8-10H2,1-4H3. The zero-order chi connectivity index (χ0) is 14.0. The van der Waals surface area contributed by atoms with E-state index in [4.69, 9.17) is 4.74 Å². The van der Waals surface area contributed by atoms with Crippen molar-refractivity contribution < 1.29 is 4.74 Å². The summed E-state index contributed by atoms with van der Waals surface area (Å²) in [6.45, 7) is 9.92. The topological polar surface area (TPSA) is 24.5 Å². The quantitative estimate of drug-likeness (QED) is 0.924. The number of ether oxygens (including phenoxy) is 1. The molecule has 1 fully saturated rings. The fourth-order valence-electron chi connectivity index (χ4n) is 2.49. The number of piperazine rings is 1. The predicted octanol–water partition coefficient (Wildman–Crippen LogP) is 3.03. The van der Waals surface area contributed by atoms with Crippen molar-refractivity contribution in [3.05, 3.63) is 28.2 Å². The van der Waals surface area contributed by atoms with E-state index in [-0.39, 0.29) is 5.54 Å². The Balaban J connectivity index is 2.13. The number of nitrogens with zero attached hydrogens (tertiary/aromatic N) is 1. The molecule has 0 bridgehead atoms. The molecule has 1 aliphatic rings. The third-order valence-electron chi connectivity index (χ3n) is 3.82. The molecule has 0 aliphatic carbocycles. The first-order valence-electron chi connectivity index (χ1n) is 6.73. The summed E-state index contributed by atoms with van der Waals surface area (Å²) in [5, 5.41) is 3.55. The fourth-order valence-corrected chi connectivity index (χ4v) is 3.07. The molecule has 0 saturated carbocycles. The van der Waals surface area contributed by atoms with Crippen LogP contribution in [-0.2, 0) is 6.54 Å². The molecule has 19 heavy (non-hydrogen) atoms. The lowest BCUT2D eigenvalue weighted by Crippen LogP contribution is -2.60. The van der Waals surface area contributed by atoms with Crippen LogP contribution in [0.5, 0.6) is 5.75 Å². The van der Waals surface area contributed by atoms with Gasteiger partial charge in [-0.3, -0.25) is 4.90 Å². The molecule has 2 rings (SSSR count). The van der Waals surface area contributed by atoms with Crippen LogP contribution in [0.4, 0.5) is 0 Å². The van der Waals surface area contributed by atoms with Gasteiger partial charge < -0.3 is 10.1 Å². The van der Waals surface area contributed by atoms with Crippen LogP contribution in [-0.4, -0.2) is 36.7 Å². The third kappa shape index (κ3) is 3.50. The third-order valence-corrected chi connectivity index (χ3v) is 4.44. The van der Waals surface area contributed by atoms with Crippen molar-refractivity contribution in [1.82, 2.24) is 10.2 Å². The first-order chi connectivity index (χ1) is 8.92. The Labute approximate surface area is 124 Å². The van der Waals surface area contributed by atoms with Gasteiger partial charge in [0.05, 0.1) is 11.6 Å². The van der Waals surface area contributed by atoms with Crippen molar-refractivity contribution in [2.45, 2.75) is 38.9 Å². The Hall–Kier alpha value is -0.580.